The summed E-state index contributed by atoms with van der Waals surface area (Å²) in [6, 6.07) is 9.74. The first-order valence-corrected chi connectivity index (χ1v) is 10.9. The normalized spacial score (nSPS) is 22.8. The molecule has 2 saturated heterocycles. The van der Waals surface area contributed by atoms with Crippen LogP contribution >= 0.6 is 0 Å². The minimum absolute atomic E-state index is 0.229. The molecule has 0 bridgehead atoms. The standard InChI is InChI=1S/C24H28N4O3/c1-15-8-9-16(2)28(15)18-10-11-19-17(13-18)14-24(20-7-5-6-12-27(19)20)21(29)25(3)23(31)26(4)22(24)30/h8-11,13,20H,5-7,12,14H2,1-4H3. The van der Waals surface area contributed by atoms with E-state index in [4.69, 9.17) is 0 Å². The van der Waals surface area contributed by atoms with Crippen LogP contribution in [0.1, 0.15) is 36.2 Å². The van der Waals surface area contributed by atoms with Crippen LogP contribution in [-0.2, 0) is 16.0 Å². The van der Waals surface area contributed by atoms with Crippen LogP contribution in [0.25, 0.3) is 5.69 Å². The van der Waals surface area contributed by atoms with Gasteiger partial charge in [0.25, 0.3) is 0 Å². The molecule has 1 aromatic heterocycles. The molecule has 162 valence electrons. The number of hydrogen-bond donors (Lipinski definition) is 0. The number of aryl methyl sites for hydroxylation is 2. The zero-order chi connectivity index (χ0) is 22.1. The van der Waals surface area contributed by atoms with Crippen molar-refractivity contribution in [1.29, 1.82) is 0 Å². The second kappa shape index (κ2) is 6.70. The summed E-state index contributed by atoms with van der Waals surface area (Å²) < 4.78 is 2.18. The van der Waals surface area contributed by atoms with Crippen LogP contribution < -0.4 is 4.90 Å². The van der Waals surface area contributed by atoms with Gasteiger partial charge < -0.3 is 9.47 Å². The first kappa shape index (κ1) is 19.8. The molecule has 7 heteroatoms. The Morgan fingerprint density at radius 2 is 1.55 bits per heavy atom. The van der Waals surface area contributed by atoms with Crippen LogP contribution in [-0.4, -0.2) is 58.9 Å². The van der Waals surface area contributed by atoms with E-state index in [1.54, 1.807) is 0 Å². The molecular weight excluding hydrogens is 392 g/mol. The number of nitrogens with zero attached hydrogens (tertiary/aromatic N) is 4. The van der Waals surface area contributed by atoms with Gasteiger partial charge >= 0.3 is 6.03 Å². The molecule has 7 nitrogen and oxygen atoms in total. The predicted octanol–water partition coefficient (Wildman–Crippen LogP) is 3.05. The Morgan fingerprint density at radius 3 is 2.19 bits per heavy atom. The van der Waals surface area contributed by atoms with E-state index in [0.29, 0.717) is 6.42 Å². The molecule has 3 aliphatic heterocycles. The van der Waals surface area contributed by atoms with Crippen LogP contribution in [0.3, 0.4) is 0 Å². The largest absolute Gasteiger partial charge is 0.367 e. The number of anilines is 1. The molecule has 31 heavy (non-hydrogen) atoms. The SMILES string of the molecule is Cc1ccc(C)n1-c1ccc2c(c1)CC1(C(=O)N(C)C(=O)N(C)C1=O)C1CCCCN21. The molecule has 2 fully saturated rings. The number of carbonyl (C=O) groups is 3. The zero-order valence-electron chi connectivity index (χ0n) is 18.5. The van der Waals surface area contributed by atoms with E-state index in [2.05, 4.69) is 53.6 Å². The number of piperidine rings is 1. The number of barbiturate groups is 1. The number of carbonyl (C=O) groups excluding carboxylic acids is 3. The van der Waals surface area contributed by atoms with Crippen molar-refractivity contribution in [2.24, 2.45) is 5.41 Å². The van der Waals surface area contributed by atoms with Crippen LogP contribution in [0.4, 0.5) is 10.5 Å². The van der Waals surface area contributed by atoms with Gasteiger partial charge in [-0.3, -0.25) is 19.4 Å². The third-order valence-corrected chi connectivity index (χ3v) is 7.39. The summed E-state index contributed by atoms with van der Waals surface area (Å²) in [6.07, 6.45) is 3.08. The van der Waals surface area contributed by atoms with Crippen molar-refractivity contribution in [3.8, 4) is 5.69 Å². The van der Waals surface area contributed by atoms with Gasteiger partial charge in [0.1, 0.15) is 0 Å². The maximum atomic E-state index is 13.6. The lowest BCUT2D eigenvalue weighted by atomic mass is 9.66. The average Bonchev–Trinajstić information content (AvgIpc) is 3.12. The summed E-state index contributed by atoms with van der Waals surface area (Å²) in [5.41, 5.74) is 4.12. The lowest BCUT2D eigenvalue weighted by Gasteiger charge is -2.54. The predicted molar refractivity (Wildman–Crippen MR) is 117 cm³/mol. The number of hydrogen-bond acceptors (Lipinski definition) is 4. The molecule has 1 aromatic carbocycles. The Bertz CT molecular complexity index is 1070. The van der Waals surface area contributed by atoms with Crippen LogP contribution in [0.5, 0.6) is 0 Å². The Balaban J connectivity index is 1.69. The van der Waals surface area contributed by atoms with Crippen molar-refractivity contribution in [3.05, 3.63) is 47.3 Å². The van der Waals surface area contributed by atoms with Crippen molar-refractivity contribution in [3.63, 3.8) is 0 Å². The second-order valence-electron chi connectivity index (χ2n) is 9.13. The van der Waals surface area contributed by atoms with Crippen molar-refractivity contribution < 1.29 is 14.4 Å². The Kier molecular flexibility index (Phi) is 4.29. The van der Waals surface area contributed by atoms with E-state index in [0.717, 1.165) is 63.9 Å². The molecule has 1 spiro atoms. The van der Waals surface area contributed by atoms with Crippen molar-refractivity contribution in [2.45, 2.75) is 45.6 Å². The third kappa shape index (κ3) is 2.55. The molecule has 1 unspecified atom stereocenters. The number of amides is 4. The fourth-order valence-electron chi connectivity index (χ4n) is 5.88. The van der Waals surface area contributed by atoms with E-state index in [1.807, 2.05) is 0 Å². The monoisotopic (exact) mass is 420 g/mol. The number of aromatic nitrogens is 1. The molecule has 5 rings (SSSR count). The van der Waals surface area contributed by atoms with Gasteiger partial charge in [-0.25, -0.2) is 4.79 Å². The van der Waals surface area contributed by atoms with E-state index < -0.39 is 11.4 Å². The third-order valence-electron chi connectivity index (χ3n) is 7.39. The van der Waals surface area contributed by atoms with Crippen LogP contribution in [0, 0.1) is 19.3 Å². The van der Waals surface area contributed by atoms with Crippen molar-refractivity contribution in [1.82, 2.24) is 14.4 Å². The number of rotatable bonds is 1. The summed E-state index contributed by atoms with van der Waals surface area (Å²) in [6.45, 7) is 4.94. The zero-order valence-corrected chi connectivity index (χ0v) is 18.5. The highest BCUT2D eigenvalue weighted by Gasteiger charge is 2.63. The fourth-order valence-corrected chi connectivity index (χ4v) is 5.88. The van der Waals surface area contributed by atoms with E-state index >= 15 is 0 Å². The quantitative estimate of drug-likeness (QED) is 0.665. The highest BCUT2D eigenvalue weighted by molar-refractivity contribution is 6.20. The summed E-state index contributed by atoms with van der Waals surface area (Å²) in [4.78, 5) is 44.1. The Morgan fingerprint density at radius 1 is 0.903 bits per heavy atom. The van der Waals surface area contributed by atoms with E-state index in [9.17, 15) is 14.4 Å². The lowest BCUT2D eigenvalue weighted by molar-refractivity contribution is -0.159. The Hall–Kier alpha value is -3.09. The second-order valence-corrected chi connectivity index (χ2v) is 9.13. The molecular formula is C24H28N4O3. The smallest absolute Gasteiger partial charge is 0.332 e. The molecule has 3 aliphatic rings. The topological polar surface area (TPSA) is 65.9 Å². The van der Waals surface area contributed by atoms with Gasteiger partial charge in [0.15, 0.2) is 5.41 Å². The fraction of sp³-hybridized carbons (Fsp3) is 0.458. The van der Waals surface area contributed by atoms with Crippen LogP contribution in [0.15, 0.2) is 30.3 Å². The lowest BCUT2D eigenvalue weighted by Crippen LogP contribution is -2.72. The Labute approximate surface area is 182 Å². The molecule has 0 N–H and O–H groups in total. The minimum atomic E-state index is -1.26. The van der Waals surface area contributed by atoms with Gasteiger partial charge in [-0.15, -0.1) is 0 Å². The van der Waals surface area contributed by atoms with Gasteiger partial charge in [0.2, 0.25) is 11.8 Å². The minimum Gasteiger partial charge on any atom is -0.367 e. The number of benzene rings is 1. The molecule has 1 atom stereocenters. The van der Waals surface area contributed by atoms with E-state index in [-0.39, 0.29) is 17.9 Å². The summed E-state index contributed by atoms with van der Waals surface area (Å²) in [7, 11) is 2.97. The van der Waals surface area contributed by atoms with Gasteiger partial charge in [-0.05, 0) is 75.4 Å². The van der Waals surface area contributed by atoms with Gasteiger partial charge in [0.05, 0.1) is 6.04 Å². The molecule has 0 aliphatic carbocycles. The molecule has 4 heterocycles. The summed E-state index contributed by atoms with van der Waals surface area (Å²) >= 11 is 0. The average molecular weight is 421 g/mol. The first-order valence-electron chi connectivity index (χ1n) is 10.9. The summed E-state index contributed by atoms with van der Waals surface area (Å²) in [5, 5.41) is 0. The maximum absolute atomic E-state index is 13.6. The number of urea groups is 1. The molecule has 2 aromatic rings. The molecule has 0 radical (unpaired) electrons. The van der Waals surface area contributed by atoms with E-state index in [1.165, 1.54) is 14.1 Å². The van der Waals surface area contributed by atoms with Gasteiger partial charge in [0, 0.05) is 43.4 Å². The maximum Gasteiger partial charge on any atom is 0.332 e. The van der Waals surface area contributed by atoms with Gasteiger partial charge in [-0.2, -0.15) is 0 Å². The van der Waals surface area contributed by atoms with Crippen molar-refractivity contribution >= 4 is 23.5 Å². The highest BCUT2D eigenvalue weighted by atomic mass is 16.2. The molecule has 4 amide bonds. The molecule has 0 saturated carbocycles. The van der Waals surface area contributed by atoms with Crippen LogP contribution in [0.2, 0.25) is 0 Å². The van der Waals surface area contributed by atoms with Gasteiger partial charge in [-0.1, -0.05) is 0 Å². The number of imide groups is 2. The highest BCUT2D eigenvalue weighted by Crippen LogP contribution is 2.49. The number of fused-ring (bicyclic) bond motifs is 4. The first-order chi connectivity index (χ1) is 14.8. The summed E-state index contributed by atoms with van der Waals surface area (Å²) in [5.74, 6) is -0.747. The van der Waals surface area contributed by atoms with Crippen molar-refractivity contribution in [2.75, 3.05) is 25.5 Å².